The molecule has 4 heteroatoms. The normalized spacial score (nSPS) is 12.0. The lowest BCUT2D eigenvalue weighted by Gasteiger charge is -2.24. The Labute approximate surface area is 117 Å². The first-order valence-corrected chi connectivity index (χ1v) is 7.10. The van der Waals surface area contributed by atoms with Crippen molar-refractivity contribution in [1.82, 2.24) is 15.1 Å². The molecule has 0 bridgehead atoms. The number of furan rings is 1. The van der Waals surface area contributed by atoms with Crippen molar-refractivity contribution >= 4 is 0 Å². The van der Waals surface area contributed by atoms with E-state index in [-0.39, 0.29) is 0 Å². The molecule has 0 amide bonds. The summed E-state index contributed by atoms with van der Waals surface area (Å²) >= 11 is 0. The van der Waals surface area contributed by atoms with Crippen LogP contribution in [0.5, 0.6) is 0 Å². The van der Waals surface area contributed by atoms with Gasteiger partial charge in [0.1, 0.15) is 11.5 Å². The van der Waals surface area contributed by atoms with Gasteiger partial charge in [-0.1, -0.05) is 13.8 Å². The lowest BCUT2D eigenvalue weighted by Crippen LogP contribution is -2.33. The predicted octanol–water partition coefficient (Wildman–Crippen LogP) is 2.02. The number of likely N-dealkylation sites (N-methyl/N-ethyl adjacent to an activating group) is 1. The van der Waals surface area contributed by atoms with E-state index < -0.39 is 0 Å². The molecule has 0 spiro atoms. The van der Waals surface area contributed by atoms with Gasteiger partial charge in [0.05, 0.1) is 13.1 Å². The summed E-state index contributed by atoms with van der Waals surface area (Å²) in [6.07, 6.45) is 0. The maximum atomic E-state index is 5.83. The van der Waals surface area contributed by atoms with Gasteiger partial charge in [-0.25, -0.2) is 0 Å². The highest BCUT2D eigenvalue weighted by Gasteiger charge is 2.11. The van der Waals surface area contributed by atoms with Crippen molar-refractivity contribution in [3.05, 3.63) is 23.7 Å². The fourth-order valence-corrected chi connectivity index (χ4v) is 2.09. The van der Waals surface area contributed by atoms with Gasteiger partial charge >= 0.3 is 0 Å². The van der Waals surface area contributed by atoms with Crippen LogP contribution in [0.15, 0.2) is 16.5 Å². The predicted molar refractivity (Wildman–Crippen MR) is 80.1 cm³/mol. The molecule has 1 N–H and O–H groups in total. The zero-order valence-electron chi connectivity index (χ0n) is 13.1. The lowest BCUT2D eigenvalue weighted by atomic mass is 10.2. The van der Waals surface area contributed by atoms with Gasteiger partial charge in [-0.3, -0.25) is 4.90 Å². The number of hydrogen-bond acceptors (Lipinski definition) is 4. The van der Waals surface area contributed by atoms with E-state index in [1.807, 2.05) is 7.05 Å². The summed E-state index contributed by atoms with van der Waals surface area (Å²) in [5, 5.41) is 3.11. The molecule has 0 aliphatic rings. The Morgan fingerprint density at radius 2 is 1.84 bits per heavy atom. The maximum absolute atomic E-state index is 5.83. The summed E-state index contributed by atoms with van der Waals surface area (Å²) in [7, 11) is 6.17. The largest absolute Gasteiger partial charge is 0.463 e. The highest BCUT2D eigenvalue weighted by molar-refractivity contribution is 5.07. The van der Waals surface area contributed by atoms with E-state index in [0.717, 1.165) is 44.2 Å². The van der Waals surface area contributed by atoms with Gasteiger partial charge in [-0.05, 0) is 39.2 Å². The first kappa shape index (κ1) is 16.2. The van der Waals surface area contributed by atoms with Gasteiger partial charge in [0.15, 0.2) is 0 Å². The van der Waals surface area contributed by atoms with Crippen molar-refractivity contribution in [3.8, 4) is 0 Å². The molecule has 0 atom stereocenters. The molecule has 0 fully saturated rings. The van der Waals surface area contributed by atoms with Crippen LogP contribution in [-0.2, 0) is 13.1 Å². The highest BCUT2D eigenvalue weighted by Crippen LogP contribution is 2.12. The van der Waals surface area contributed by atoms with Crippen molar-refractivity contribution in [3.63, 3.8) is 0 Å². The Kier molecular flexibility index (Phi) is 7.13. The molecule has 1 aromatic rings. The van der Waals surface area contributed by atoms with E-state index in [2.05, 4.69) is 55.2 Å². The standard InChI is InChI=1S/C15H29N3O/c1-13(2)11-18(9-8-17(4)5)12-15-7-6-14(19-15)10-16-3/h6-7,13,16H,8-12H2,1-5H3. The molecule has 4 nitrogen and oxygen atoms in total. The van der Waals surface area contributed by atoms with E-state index in [9.17, 15) is 0 Å². The van der Waals surface area contributed by atoms with Crippen molar-refractivity contribution in [2.75, 3.05) is 40.8 Å². The molecule has 0 aromatic carbocycles. The minimum Gasteiger partial charge on any atom is -0.463 e. The lowest BCUT2D eigenvalue weighted by molar-refractivity contribution is 0.196. The molecule has 1 rings (SSSR count). The van der Waals surface area contributed by atoms with Gasteiger partial charge in [0.2, 0.25) is 0 Å². The maximum Gasteiger partial charge on any atom is 0.118 e. The second-order valence-corrected chi connectivity index (χ2v) is 5.83. The molecule has 0 unspecified atom stereocenters. The molecule has 110 valence electrons. The Morgan fingerprint density at radius 3 is 2.42 bits per heavy atom. The van der Waals surface area contributed by atoms with Crippen LogP contribution in [0, 0.1) is 5.92 Å². The summed E-state index contributed by atoms with van der Waals surface area (Å²) in [6.45, 7) is 9.48. The Hall–Kier alpha value is -0.840. The van der Waals surface area contributed by atoms with E-state index in [4.69, 9.17) is 4.42 Å². The molecule has 1 aromatic heterocycles. The topological polar surface area (TPSA) is 31.6 Å². The molecule has 0 aliphatic carbocycles. The Balaban J connectivity index is 2.53. The second-order valence-electron chi connectivity index (χ2n) is 5.83. The van der Waals surface area contributed by atoms with Crippen molar-refractivity contribution in [2.24, 2.45) is 5.92 Å². The quantitative estimate of drug-likeness (QED) is 0.742. The average Bonchev–Trinajstić information content (AvgIpc) is 2.73. The van der Waals surface area contributed by atoms with Crippen molar-refractivity contribution < 1.29 is 4.42 Å². The summed E-state index contributed by atoms with van der Waals surface area (Å²) in [5.41, 5.74) is 0. The van der Waals surface area contributed by atoms with Crippen LogP contribution in [0.4, 0.5) is 0 Å². The molecule has 0 aliphatic heterocycles. The third-order valence-corrected chi connectivity index (χ3v) is 2.93. The van der Waals surface area contributed by atoms with Gasteiger partial charge in [-0.15, -0.1) is 0 Å². The smallest absolute Gasteiger partial charge is 0.118 e. The highest BCUT2D eigenvalue weighted by atomic mass is 16.3. The zero-order chi connectivity index (χ0) is 14.3. The summed E-state index contributed by atoms with van der Waals surface area (Å²) in [4.78, 5) is 4.69. The van der Waals surface area contributed by atoms with Crippen LogP contribution >= 0.6 is 0 Å². The number of rotatable bonds is 9. The third-order valence-electron chi connectivity index (χ3n) is 2.93. The fourth-order valence-electron chi connectivity index (χ4n) is 2.09. The SMILES string of the molecule is CNCc1ccc(CN(CCN(C)C)CC(C)C)o1. The molecule has 0 saturated carbocycles. The molecular formula is C15H29N3O. The van der Waals surface area contributed by atoms with E-state index in [0.29, 0.717) is 5.92 Å². The van der Waals surface area contributed by atoms with Crippen molar-refractivity contribution in [2.45, 2.75) is 26.9 Å². The minimum atomic E-state index is 0.675. The average molecular weight is 267 g/mol. The first-order valence-electron chi connectivity index (χ1n) is 7.10. The number of nitrogens with zero attached hydrogens (tertiary/aromatic N) is 2. The first-order chi connectivity index (χ1) is 9.01. The third kappa shape index (κ3) is 6.76. The Bertz CT molecular complexity index is 347. The van der Waals surface area contributed by atoms with Crippen LogP contribution in [0.2, 0.25) is 0 Å². The van der Waals surface area contributed by atoms with Crippen LogP contribution in [0.1, 0.15) is 25.4 Å². The van der Waals surface area contributed by atoms with E-state index in [1.54, 1.807) is 0 Å². The Morgan fingerprint density at radius 1 is 1.16 bits per heavy atom. The van der Waals surface area contributed by atoms with Crippen LogP contribution in [0.3, 0.4) is 0 Å². The number of nitrogens with one attached hydrogen (secondary N) is 1. The van der Waals surface area contributed by atoms with Gasteiger partial charge in [0, 0.05) is 19.6 Å². The molecule has 0 radical (unpaired) electrons. The summed E-state index contributed by atoms with van der Waals surface area (Å²) in [5.74, 6) is 2.74. The molecule has 1 heterocycles. The van der Waals surface area contributed by atoms with Crippen LogP contribution < -0.4 is 5.32 Å². The second kappa shape index (κ2) is 8.35. The molecular weight excluding hydrogens is 238 g/mol. The van der Waals surface area contributed by atoms with Gasteiger partial charge in [0.25, 0.3) is 0 Å². The monoisotopic (exact) mass is 267 g/mol. The summed E-state index contributed by atoms with van der Waals surface area (Å²) in [6, 6.07) is 4.15. The van der Waals surface area contributed by atoms with Crippen LogP contribution in [0.25, 0.3) is 0 Å². The van der Waals surface area contributed by atoms with E-state index in [1.165, 1.54) is 0 Å². The van der Waals surface area contributed by atoms with Crippen LogP contribution in [-0.4, -0.2) is 50.6 Å². The molecule has 19 heavy (non-hydrogen) atoms. The van der Waals surface area contributed by atoms with Crippen molar-refractivity contribution in [1.29, 1.82) is 0 Å². The van der Waals surface area contributed by atoms with Gasteiger partial charge < -0.3 is 14.6 Å². The van der Waals surface area contributed by atoms with E-state index >= 15 is 0 Å². The minimum absolute atomic E-state index is 0.675. The van der Waals surface area contributed by atoms with Gasteiger partial charge in [-0.2, -0.15) is 0 Å². The summed E-state index contributed by atoms with van der Waals surface area (Å²) < 4.78 is 5.83. The number of hydrogen-bond donors (Lipinski definition) is 1. The zero-order valence-corrected chi connectivity index (χ0v) is 13.1. The molecule has 0 saturated heterocycles. The fraction of sp³-hybridized carbons (Fsp3) is 0.733.